The molecule has 2 nitrogen and oxygen atoms in total. The monoisotopic (exact) mass is 415 g/mol. The Morgan fingerprint density at radius 1 is 0.909 bits per heavy atom. The lowest BCUT2D eigenvalue weighted by molar-refractivity contribution is 0.619. The van der Waals surface area contributed by atoms with Crippen molar-refractivity contribution in [2.24, 2.45) is 0 Å². The minimum absolute atomic E-state index is 0.644. The Balaban J connectivity index is 2.03. The van der Waals surface area contributed by atoms with Crippen LogP contribution in [-0.4, -0.2) is 4.98 Å². The summed E-state index contributed by atoms with van der Waals surface area (Å²) in [7, 11) is 0. The van der Waals surface area contributed by atoms with Gasteiger partial charge in [-0.1, -0.05) is 40.2 Å². The van der Waals surface area contributed by atoms with E-state index in [1.165, 1.54) is 0 Å². The summed E-state index contributed by atoms with van der Waals surface area (Å²) < 4.78 is 8.02. The van der Waals surface area contributed by atoms with E-state index in [9.17, 15) is 0 Å². The van der Waals surface area contributed by atoms with E-state index >= 15 is 0 Å². The summed E-state index contributed by atoms with van der Waals surface area (Å²) in [5.74, 6) is 0.644. The number of fused-ring (bicyclic) bond motifs is 2. The van der Waals surface area contributed by atoms with Crippen molar-refractivity contribution in [3.63, 3.8) is 0 Å². The summed E-state index contributed by atoms with van der Waals surface area (Å²) in [6.45, 7) is 2.05. The first-order valence-corrected chi connectivity index (χ1v) is 8.46. The molecule has 0 saturated carbocycles. The minimum Gasteiger partial charge on any atom is -0.435 e. The van der Waals surface area contributed by atoms with Crippen LogP contribution < -0.4 is 0 Å². The number of oxazole rings is 1. The predicted molar refractivity (Wildman–Crippen MR) is 97.1 cm³/mol. The Kier molecular flexibility index (Phi) is 3.31. The van der Waals surface area contributed by atoms with E-state index in [1.54, 1.807) is 0 Å². The van der Waals surface area contributed by atoms with Crippen LogP contribution in [0.3, 0.4) is 0 Å². The Bertz CT molecular complexity index is 1020. The van der Waals surface area contributed by atoms with Gasteiger partial charge in [0.15, 0.2) is 5.58 Å². The summed E-state index contributed by atoms with van der Waals surface area (Å²) in [5.41, 5.74) is 3.81. The summed E-state index contributed by atoms with van der Waals surface area (Å²) in [6.07, 6.45) is 0. The van der Waals surface area contributed by atoms with E-state index in [-0.39, 0.29) is 0 Å². The third-order valence-electron chi connectivity index (χ3n) is 3.69. The third kappa shape index (κ3) is 2.18. The highest BCUT2D eigenvalue weighted by Gasteiger charge is 2.14. The van der Waals surface area contributed by atoms with Gasteiger partial charge in [-0.2, -0.15) is 0 Å². The van der Waals surface area contributed by atoms with Crippen LogP contribution in [0.15, 0.2) is 61.9 Å². The average Bonchev–Trinajstić information content (AvgIpc) is 2.91. The summed E-state index contributed by atoms with van der Waals surface area (Å²) in [5, 5.41) is 2.27. The molecule has 0 radical (unpaired) electrons. The summed E-state index contributed by atoms with van der Waals surface area (Å²) >= 11 is 7.15. The second-order valence-corrected chi connectivity index (χ2v) is 6.96. The topological polar surface area (TPSA) is 26.0 Å². The maximum absolute atomic E-state index is 6.01. The van der Waals surface area contributed by atoms with Crippen LogP contribution in [-0.2, 0) is 0 Å². The van der Waals surface area contributed by atoms with E-state index in [4.69, 9.17) is 4.42 Å². The first-order chi connectivity index (χ1) is 10.6. The molecule has 0 spiro atoms. The molecule has 0 atom stereocenters. The van der Waals surface area contributed by atoms with Crippen LogP contribution in [0, 0.1) is 6.92 Å². The van der Waals surface area contributed by atoms with Crippen LogP contribution in [0.4, 0.5) is 0 Å². The van der Waals surface area contributed by atoms with Gasteiger partial charge in [-0.25, -0.2) is 4.98 Å². The highest BCUT2D eigenvalue weighted by molar-refractivity contribution is 9.11. The molecule has 0 aliphatic rings. The molecular formula is C18H11Br2NO. The van der Waals surface area contributed by atoms with Crippen molar-refractivity contribution in [2.75, 3.05) is 0 Å². The van der Waals surface area contributed by atoms with E-state index in [2.05, 4.69) is 49.0 Å². The maximum Gasteiger partial charge on any atom is 0.228 e. The van der Waals surface area contributed by atoms with Crippen molar-refractivity contribution >= 4 is 53.7 Å². The molecule has 0 bridgehead atoms. The van der Waals surface area contributed by atoms with Gasteiger partial charge in [-0.05, 0) is 63.5 Å². The maximum atomic E-state index is 6.01. The van der Waals surface area contributed by atoms with Gasteiger partial charge in [-0.3, -0.25) is 0 Å². The molecule has 4 aromatic rings. The van der Waals surface area contributed by atoms with Crippen molar-refractivity contribution in [3.05, 3.63) is 63.0 Å². The van der Waals surface area contributed by atoms with Crippen molar-refractivity contribution in [2.45, 2.75) is 6.92 Å². The van der Waals surface area contributed by atoms with E-state index in [0.29, 0.717) is 5.89 Å². The Morgan fingerprint density at radius 2 is 1.68 bits per heavy atom. The predicted octanol–water partition coefficient (Wildman–Crippen LogP) is 6.48. The third-order valence-corrected chi connectivity index (χ3v) is 4.97. The minimum atomic E-state index is 0.644. The number of rotatable bonds is 1. The lowest BCUT2D eigenvalue weighted by Crippen LogP contribution is -1.82. The lowest BCUT2D eigenvalue weighted by Gasteiger charge is -2.04. The number of hydrogen-bond acceptors (Lipinski definition) is 2. The van der Waals surface area contributed by atoms with Crippen molar-refractivity contribution < 1.29 is 4.42 Å². The van der Waals surface area contributed by atoms with Crippen LogP contribution in [0.1, 0.15) is 5.56 Å². The van der Waals surface area contributed by atoms with E-state index in [0.717, 1.165) is 41.9 Å². The largest absolute Gasteiger partial charge is 0.435 e. The van der Waals surface area contributed by atoms with Crippen LogP contribution >= 0.6 is 31.9 Å². The highest BCUT2D eigenvalue weighted by Crippen LogP contribution is 2.35. The van der Waals surface area contributed by atoms with Crippen molar-refractivity contribution in [3.8, 4) is 11.5 Å². The van der Waals surface area contributed by atoms with Gasteiger partial charge in [0, 0.05) is 10.0 Å². The SMILES string of the molecule is Cc1cc(Br)c2oc(-c3cccc4c(Br)cccc34)nc2c1. The van der Waals surface area contributed by atoms with Gasteiger partial charge in [0.25, 0.3) is 0 Å². The zero-order chi connectivity index (χ0) is 15.3. The number of nitrogens with zero attached hydrogens (tertiary/aromatic N) is 1. The van der Waals surface area contributed by atoms with E-state index < -0.39 is 0 Å². The molecule has 4 rings (SSSR count). The Morgan fingerprint density at radius 3 is 2.55 bits per heavy atom. The fourth-order valence-corrected chi connectivity index (χ4v) is 3.84. The molecule has 0 unspecified atom stereocenters. The number of halogens is 2. The van der Waals surface area contributed by atoms with Crippen molar-refractivity contribution in [1.82, 2.24) is 4.98 Å². The highest BCUT2D eigenvalue weighted by atomic mass is 79.9. The van der Waals surface area contributed by atoms with Gasteiger partial charge < -0.3 is 4.42 Å². The fraction of sp³-hybridized carbons (Fsp3) is 0.0556. The molecule has 0 amide bonds. The molecule has 0 N–H and O–H groups in total. The van der Waals surface area contributed by atoms with Crippen LogP contribution in [0.5, 0.6) is 0 Å². The van der Waals surface area contributed by atoms with Gasteiger partial charge in [0.1, 0.15) is 5.52 Å². The quantitative estimate of drug-likeness (QED) is 0.354. The average molecular weight is 417 g/mol. The number of aromatic nitrogens is 1. The number of hydrogen-bond donors (Lipinski definition) is 0. The molecule has 22 heavy (non-hydrogen) atoms. The fourth-order valence-electron chi connectivity index (χ4n) is 2.70. The van der Waals surface area contributed by atoms with Gasteiger partial charge >= 0.3 is 0 Å². The molecule has 0 aliphatic heterocycles. The normalized spacial score (nSPS) is 11.4. The second-order valence-electron chi connectivity index (χ2n) is 5.25. The van der Waals surface area contributed by atoms with Crippen LogP contribution in [0.2, 0.25) is 0 Å². The molecule has 4 heteroatoms. The first-order valence-electron chi connectivity index (χ1n) is 6.88. The second kappa shape index (κ2) is 5.21. The molecule has 0 fully saturated rings. The standard InChI is InChI=1S/C18H11Br2NO/c1-10-8-15(20)17-16(9-10)21-18(22-17)13-6-2-5-12-11(13)4-3-7-14(12)19/h2-9H,1H3. The molecule has 0 aliphatic carbocycles. The number of aryl methyl sites for hydroxylation is 1. The molecule has 1 aromatic heterocycles. The van der Waals surface area contributed by atoms with E-state index in [1.807, 2.05) is 43.3 Å². The summed E-state index contributed by atoms with van der Waals surface area (Å²) in [6, 6.07) is 16.4. The lowest BCUT2D eigenvalue weighted by atomic mass is 10.0. The Labute approximate surface area is 144 Å². The zero-order valence-corrected chi connectivity index (χ0v) is 14.9. The van der Waals surface area contributed by atoms with Gasteiger partial charge in [0.2, 0.25) is 5.89 Å². The van der Waals surface area contributed by atoms with Crippen molar-refractivity contribution in [1.29, 1.82) is 0 Å². The first kappa shape index (κ1) is 14.0. The van der Waals surface area contributed by atoms with Gasteiger partial charge in [0.05, 0.1) is 4.47 Å². The molecular weight excluding hydrogens is 406 g/mol. The molecule has 1 heterocycles. The zero-order valence-electron chi connectivity index (χ0n) is 11.7. The molecule has 108 valence electrons. The molecule has 0 saturated heterocycles. The smallest absolute Gasteiger partial charge is 0.228 e. The Hall–Kier alpha value is -1.65. The van der Waals surface area contributed by atoms with Crippen LogP contribution in [0.25, 0.3) is 33.3 Å². The summed E-state index contributed by atoms with van der Waals surface area (Å²) in [4.78, 5) is 4.67. The molecule has 3 aromatic carbocycles. The van der Waals surface area contributed by atoms with Gasteiger partial charge in [-0.15, -0.1) is 0 Å². The number of benzene rings is 3.